The van der Waals surface area contributed by atoms with E-state index in [2.05, 4.69) is 17.1 Å². The van der Waals surface area contributed by atoms with Crippen molar-refractivity contribution in [1.29, 1.82) is 0 Å². The number of carboxylic acid groups (broad SMARTS) is 1. The van der Waals surface area contributed by atoms with Gasteiger partial charge in [-0.3, -0.25) is 4.79 Å². The molecule has 5 unspecified atom stereocenters. The van der Waals surface area contributed by atoms with Gasteiger partial charge >= 0.3 is 5.97 Å². The third kappa shape index (κ3) is 3.72. The van der Waals surface area contributed by atoms with Crippen LogP contribution in [-0.2, 0) is 19.1 Å². The third-order valence-electron chi connectivity index (χ3n) is 5.12. The van der Waals surface area contributed by atoms with E-state index in [0.717, 1.165) is 12.8 Å². The molecule has 2 fully saturated rings. The maximum atomic E-state index is 13.1. The minimum atomic E-state index is -1.37. The summed E-state index contributed by atoms with van der Waals surface area (Å²) in [6.07, 6.45) is 6.43. The molecular formula is C18H24N2O5S. The van der Waals surface area contributed by atoms with E-state index in [0.29, 0.717) is 17.6 Å². The molecule has 1 heterocycles. The number of isocyanates is 1. The first-order valence-corrected chi connectivity index (χ1v) is 9.86. The zero-order valence-corrected chi connectivity index (χ0v) is 15.9. The summed E-state index contributed by atoms with van der Waals surface area (Å²) in [7, 11) is 0. The number of aliphatic imine (C=N–C) groups is 1. The van der Waals surface area contributed by atoms with Crippen LogP contribution < -0.4 is 0 Å². The number of thioether (sulfide) groups is 1. The number of carboxylic acids is 1. The highest BCUT2D eigenvalue weighted by atomic mass is 32.2. The van der Waals surface area contributed by atoms with Crippen molar-refractivity contribution >= 4 is 29.7 Å². The Morgan fingerprint density at radius 3 is 2.58 bits per heavy atom. The third-order valence-corrected chi connectivity index (χ3v) is 6.54. The fourth-order valence-electron chi connectivity index (χ4n) is 4.12. The molecule has 0 aromatic carbocycles. The number of nitrogens with zero attached hydrogens (tertiary/aromatic N) is 2. The van der Waals surface area contributed by atoms with E-state index in [4.69, 9.17) is 4.74 Å². The number of aliphatic carboxylic acids is 1. The molecule has 3 rings (SSSR count). The van der Waals surface area contributed by atoms with Gasteiger partial charge in [0.25, 0.3) is 5.91 Å². The Morgan fingerprint density at radius 1 is 1.35 bits per heavy atom. The monoisotopic (exact) mass is 380 g/mol. The van der Waals surface area contributed by atoms with Gasteiger partial charge < -0.3 is 14.7 Å². The zero-order valence-electron chi connectivity index (χ0n) is 15.1. The van der Waals surface area contributed by atoms with Gasteiger partial charge in [-0.15, -0.1) is 11.8 Å². The second-order valence-electron chi connectivity index (χ2n) is 8.07. The molecule has 1 saturated heterocycles. The number of hydrogen-bond donors (Lipinski definition) is 1. The van der Waals surface area contributed by atoms with Gasteiger partial charge in [0, 0.05) is 5.75 Å². The first-order valence-electron chi connectivity index (χ1n) is 8.81. The summed E-state index contributed by atoms with van der Waals surface area (Å²) in [4.78, 5) is 40.6. The van der Waals surface area contributed by atoms with Gasteiger partial charge in [0.1, 0.15) is 6.04 Å². The Morgan fingerprint density at radius 2 is 2.08 bits per heavy atom. The summed E-state index contributed by atoms with van der Waals surface area (Å²) in [5, 5.41) is 9.36. The number of amides is 1. The molecule has 7 nitrogen and oxygen atoms in total. The average Bonchev–Trinajstić information content (AvgIpc) is 3.26. The summed E-state index contributed by atoms with van der Waals surface area (Å²) < 4.78 is 5.62. The number of fused-ring (bicyclic) bond motifs is 2. The predicted molar refractivity (Wildman–Crippen MR) is 96.1 cm³/mol. The van der Waals surface area contributed by atoms with Crippen molar-refractivity contribution in [2.75, 3.05) is 5.75 Å². The maximum absolute atomic E-state index is 13.1. The molecule has 8 heteroatoms. The van der Waals surface area contributed by atoms with Crippen molar-refractivity contribution in [2.45, 2.75) is 56.9 Å². The van der Waals surface area contributed by atoms with Crippen molar-refractivity contribution in [3.8, 4) is 0 Å². The smallest absolute Gasteiger partial charge is 0.327 e. The average molecular weight is 380 g/mol. The fourth-order valence-corrected chi connectivity index (χ4v) is 5.77. The van der Waals surface area contributed by atoms with Crippen molar-refractivity contribution in [2.24, 2.45) is 22.7 Å². The van der Waals surface area contributed by atoms with Crippen molar-refractivity contribution in [1.82, 2.24) is 4.90 Å². The van der Waals surface area contributed by atoms with Gasteiger partial charge in [0.05, 0.1) is 11.0 Å². The van der Waals surface area contributed by atoms with Crippen molar-refractivity contribution in [3.05, 3.63) is 12.2 Å². The molecule has 0 spiro atoms. The maximum Gasteiger partial charge on any atom is 0.327 e. The van der Waals surface area contributed by atoms with Gasteiger partial charge in [0.2, 0.25) is 12.3 Å². The standard InChI is InChI=1S/C18H24N2O5S/c1-18(2,3)25-14(19-9-21)15(22)20-13(17(23)24)8-26-16(20)12-7-10-4-5-11(12)6-10/h4-5,10-14,16H,6-8H2,1-3H3,(H,23,24)/t10?,11?,12?,13-,14?,16?/m0/s1. The van der Waals surface area contributed by atoms with Gasteiger partial charge in [-0.1, -0.05) is 12.2 Å². The highest BCUT2D eigenvalue weighted by molar-refractivity contribution is 8.00. The molecule has 0 aromatic rings. The fraction of sp³-hybridized carbons (Fsp3) is 0.722. The van der Waals surface area contributed by atoms with Gasteiger partial charge in [-0.2, -0.15) is 4.99 Å². The lowest BCUT2D eigenvalue weighted by atomic mass is 9.92. The van der Waals surface area contributed by atoms with Crippen LogP contribution in [0.25, 0.3) is 0 Å². The Hall–Kier alpha value is -1.63. The summed E-state index contributed by atoms with van der Waals surface area (Å²) in [6.45, 7) is 5.25. The SMILES string of the molecule is CC(C)(C)OC(N=C=O)C(=O)N1C(C2CC3C=CC2C3)SC[C@H]1C(=O)O. The number of carbonyl (C=O) groups is 2. The number of ether oxygens (including phenoxy) is 1. The Bertz CT molecular complexity index is 667. The van der Waals surface area contributed by atoms with E-state index in [-0.39, 0.29) is 11.3 Å². The molecule has 1 saturated carbocycles. The molecule has 0 radical (unpaired) electrons. The Balaban J connectivity index is 1.87. The van der Waals surface area contributed by atoms with Crippen LogP contribution in [0.3, 0.4) is 0 Å². The minimum absolute atomic E-state index is 0.221. The van der Waals surface area contributed by atoms with E-state index in [1.807, 2.05) is 0 Å². The molecule has 1 N–H and O–H groups in total. The van der Waals surface area contributed by atoms with Crippen LogP contribution in [0.5, 0.6) is 0 Å². The molecule has 1 amide bonds. The van der Waals surface area contributed by atoms with E-state index in [9.17, 15) is 19.5 Å². The molecule has 6 atom stereocenters. The predicted octanol–water partition coefficient (Wildman–Crippen LogP) is 2.03. The largest absolute Gasteiger partial charge is 0.480 e. The van der Waals surface area contributed by atoms with Crippen LogP contribution in [0.15, 0.2) is 17.1 Å². The lowest BCUT2D eigenvalue weighted by Crippen LogP contribution is -2.53. The first-order chi connectivity index (χ1) is 12.2. The van der Waals surface area contributed by atoms with Crippen molar-refractivity contribution < 1.29 is 24.2 Å². The molecule has 2 bridgehead atoms. The minimum Gasteiger partial charge on any atom is -0.480 e. The van der Waals surface area contributed by atoms with Crippen LogP contribution in [0.1, 0.15) is 33.6 Å². The van der Waals surface area contributed by atoms with Crippen LogP contribution in [0.2, 0.25) is 0 Å². The van der Waals surface area contributed by atoms with Gasteiger partial charge in [-0.25, -0.2) is 9.59 Å². The molecule has 142 valence electrons. The van der Waals surface area contributed by atoms with Crippen molar-refractivity contribution in [3.63, 3.8) is 0 Å². The molecule has 2 aliphatic carbocycles. The molecule has 3 aliphatic rings. The first kappa shape index (κ1) is 19.1. The van der Waals surface area contributed by atoms with Crippen LogP contribution in [0.4, 0.5) is 0 Å². The number of allylic oxidation sites excluding steroid dienone is 2. The number of carbonyl (C=O) groups excluding carboxylic acids is 2. The summed E-state index contributed by atoms with van der Waals surface area (Å²) in [6, 6.07) is -0.937. The quantitative estimate of drug-likeness (QED) is 0.445. The van der Waals surface area contributed by atoms with E-state index >= 15 is 0 Å². The normalized spacial score (nSPS) is 34.0. The van der Waals surface area contributed by atoms with Gasteiger partial charge in [0.15, 0.2) is 0 Å². The summed E-state index contributed by atoms with van der Waals surface area (Å²) in [5.74, 6) is -0.179. The Labute approximate surface area is 156 Å². The van der Waals surface area contributed by atoms with Crippen LogP contribution in [0, 0.1) is 17.8 Å². The lowest BCUT2D eigenvalue weighted by molar-refractivity contribution is -0.161. The van der Waals surface area contributed by atoms with E-state index in [1.54, 1.807) is 20.8 Å². The molecule has 1 aliphatic heterocycles. The van der Waals surface area contributed by atoms with Gasteiger partial charge in [-0.05, 0) is 51.4 Å². The molecule has 0 aromatic heterocycles. The molecular weight excluding hydrogens is 356 g/mol. The van der Waals surface area contributed by atoms with Crippen LogP contribution >= 0.6 is 11.8 Å². The summed E-state index contributed by atoms with van der Waals surface area (Å²) in [5.41, 5.74) is -0.711. The van der Waals surface area contributed by atoms with E-state index < -0.39 is 29.7 Å². The highest BCUT2D eigenvalue weighted by Crippen LogP contribution is 2.50. The Kier molecular flexibility index (Phi) is 5.28. The second kappa shape index (κ2) is 7.18. The summed E-state index contributed by atoms with van der Waals surface area (Å²) >= 11 is 1.50. The second-order valence-corrected chi connectivity index (χ2v) is 9.22. The topological polar surface area (TPSA) is 96.3 Å². The highest BCUT2D eigenvalue weighted by Gasteiger charge is 2.51. The zero-order chi connectivity index (χ0) is 19.1. The number of rotatable bonds is 5. The van der Waals surface area contributed by atoms with E-state index in [1.165, 1.54) is 22.7 Å². The lowest BCUT2D eigenvalue weighted by Gasteiger charge is -2.36. The number of hydrogen-bond acceptors (Lipinski definition) is 6. The van der Waals surface area contributed by atoms with Crippen LogP contribution in [-0.4, -0.2) is 57.0 Å². The molecule has 26 heavy (non-hydrogen) atoms.